The van der Waals surface area contributed by atoms with Gasteiger partial charge in [0.25, 0.3) is 0 Å². The molecule has 0 N–H and O–H groups in total. The average molecular weight is 1090 g/mol. The molecule has 0 aliphatic heterocycles. The quantitative estimate of drug-likeness (QED) is 0.115. The Morgan fingerprint density at radius 3 is 0.753 bits per heavy atom. The number of hydrogen-bond acceptors (Lipinski definition) is 0. The number of fused-ring (bicyclic) bond motifs is 11. The van der Waals surface area contributed by atoms with Gasteiger partial charge in [-0.15, -0.1) is 0 Å². The van der Waals surface area contributed by atoms with Crippen LogP contribution in [0.2, 0.25) is 0 Å². The van der Waals surface area contributed by atoms with Crippen LogP contribution in [-0.2, 0) is 25.7 Å². The molecule has 0 atom stereocenters. The van der Waals surface area contributed by atoms with Crippen molar-refractivity contribution in [2.24, 2.45) is 0 Å². The molecule has 0 bridgehead atoms. The lowest BCUT2D eigenvalue weighted by Crippen LogP contribution is -1.95. The first-order chi connectivity index (χ1) is 41.9. The fourth-order valence-corrected chi connectivity index (χ4v) is 14.1. The number of aromatic nitrogens is 3. The Bertz CT molecular complexity index is 4890. The van der Waals surface area contributed by atoms with E-state index in [1.165, 1.54) is 154 Å². The second kappa shape index (κ2) is 20.3. The van der Waals surface area contributed by atoms with Crippen LogP contribution in [0.5, 0.6) is 0 Å². The number of benzene rings is 13. The summed E-state index contributed by atoms with van der Waals surface area (Å²) in [5, 5.41) is 12.7. The molecule has 3 heteroatoms. The molecule has 0 radical (unpaired) electrons. The minimum absolute atomic E-state index is 1.01. The van der Waals surface area contributed by atoms with E-state index in [0.29, 0.717) is 0 Å². The van der Waals surface area contributed by atoms with Crippen LogP contribution < -0.4 is 0 Å². The van der Waals surface area contributed by atoms with Gasteiger partial charge in [0.05, 0.1) is 33.1 Å². The van der Waals surface area contributed by atoms with Crippen LogP contribution in [0.15, 0.2) is 261 Å². The van der Waals surface area contributed by atoms with Crippen LogP contribution in [0.25, 0.3) is 149 Å². The smallest absolute Gasteiger partial charge is 0.0541 e. The molecule has 0 saturated carbocycles. The number of hydrogen-bond donors (Lipinski definition) is 0. The topological polar surface area (TPSA) is 14.8 Å². The van der Waals surface area contributed by atoms with Crippen molar-refractivity contribution in [2.75, 3.05) is 0 Å². The summed E-state index contributed by atoms with van der Waals surface area (Å²) >= 11 is 0. The Kier molecular flexibility index (Phi) is 12.1. The summed E-state index contributed by atoms with van der Waals surface area (Å²) in [6, 6.07) is 98.6. The molecule has 0 unspecified atom stereocenters. The van der Waals surface area contributed by atoms with Gasteiger partial charge in [0.15, 0.2) is 0 Å². The van der Waals surface area contributed by atoms with E-state index in [2.05, 4.69) is 302 Å². The van der Waals surface area contributed by atoms with Crippen molar-refractivity contribution >= 4 is 87.0 Å². The van der Waals surface area contributed by atoms with Crippen LogP contribution in [-0.4, -0.2) is 13.7 Å². The van der Waals surface area contributed by atoms with Gasteiger partial charge in [0.2, 0.25) is 0 Å². The molecular weight excluding hydrogens is 1030 g/mol. The first kappa shape index (κ1) is 50.5. The molecule has 0 amide bonds. The van der Waals surface area contributed by atoms with Crippen molar-refractivity contribution in [1.29, 1.82) is 0 Å². The van der Waals surface area contributed by atoms with Crippen molar-refractivity contribution in [1.82, 2.24) is 13.7 Å². The maximum atomic E-state index is 2.47. The zero-order valence-electron chi connectivity index (χ0n) is 48.5. The van der Waals surface area contributed by atoms with E-state index < -0.39 is 0 Å². The molecule has 406 valence electrons. The van der Waals surface area contributed by atoms with Gasteiger partial charge in [-0.3, -0.25) is 0 Å². The van der Waals surface area contributed by atoms with Crippen LogP contribution in [0.1, 0.15) is 49.9 Å². The summed E-state index contributed by atoms with van der Waals surface area (Å²) < 4.78 is 7.36. The molecule has 16 aromatic rings. The van der Waals surface area contributed by atoms with Gasteiger partial charge in [-0.05, 0) is 223 Å². The predicted molar refractivity (Wildman–Crippen MR) is 364 cm³/mol. The van der Waals surface area contributed by atoms with E-state index in [0.717, 1.165) is 42.7 Å². The van der Waals surface area contributed by atoms with Crippen molar-refractivity contribution < 1.29 is 0 Å². The molecular formula is C82H63N3. The van der Waals surface area contributed by atoms with Crippen molar-refractivity contribution in [3.63, 3.8) is 0 Å². The minimum atomic E-state index is 1.01. The Labute approximate surface area is 495 Å². The molecule has 0 fully saturated rings. The van der Waals surface area contributed by atoms with Gasteiger partial charge in [0.1, 0.15) is 0 Å². The normalized spacial score (nSPS) is 12.0. The van der Waals surface area contributed by atoms with Crippen LogP contribution in [0.4, 0.5) is 0 Å². The third-order valence-electron chi connectivity index (χ3n) is 18.5. The first-order valence-electron chi connectivity index (χ1n) is 30.5. The largest absolute Gasteiger partial charge is 0.309 e. The van der Waals surface area contributed by atoms with E-state index in [1.807, 2.05) is 0 Å². The summed E-state index contributed by atoms with van der Waals surface area (Å²) in [7, 11) is 0. The predicted octanol–water partition coefficient (Wildman–Crippen LogP) is 22.2. The molecule has 3 nitrogen and oxygen atoms in total. The van der Waals surface area contributed by atoms with Crippen LogP contribution in [0.3, 0.4) is 0 Å². The molecule has 3 heterocycles. The van der Waals surface area contributed by atoms with Crippen molar-refractivity contribution in [3.8, 4) is 61.6 Å². The van der Waals surface area contributed by atoms with E-state index >= 15 is 0 Å². The summed E-state index contributed by atoms with van der Waals surface area (Å²) in [6.07, 6.45) is 4.05. The highest BCUT2D eigenvalue weighted by Gasteiger charge is 2.21. The van der Waals surface area contributed by atoms with Gasteiger partial charge < -0.3 is 13.7 Å². The molecule has 85 heavy (non-hydrogen) atoms. The molecule has 0 aliphatic rings. The molecule has 0 aliphatic carbocycles. The maximum absolute atomic E-state index is 2.47. The summed E-state index contributed by atoms with van der Waals surface area (Å²) in [5.41, 5.74) is 25.9. The van der Waals surface area contributed by atoms with E-state index in [-0.39, 0.29) is 0 Å². The Balaban J connectivity index is 0.830. The number of nitrogens with zero attached hydrogens (tertiary/aromatic N) is 3. The monoisotopic (exact) mass is 1090 g/mol. The fourth-order valence-electron chi connectivity index (χ4n) is 14.1. The first-order valence-corrected chi connectivity index (χ1v) is 30.5. The third-order valence-corrected chi connectivity index (χ3v) is 18.5. The number of rotatable bonds is 11. The fraction of sp³-hybridized carbons (Fsp3) is 0.0976. The van der Waals surface area contributed by atoms with Crippen LogP contribution >= 0.6 is 0 Å². The maximum Gasteiger partial charge on any atom is 0.0541 e. The lowest BCUT2D eigenvalue weighted by Gasteiger charge is -2.18. The van der Waals surface area contributed by atoms with Crippen molar-refractivity contribution in [2.45, 2.75) is 53.4 Å². The van der Waals surface area contributed by atoms with Gasteiger partial charge in [0, 0.05) is 49.4 Å². The third kappa shape index (κ3) is 8.16. The highest BCUT2D eigenvalue weighted by molar-refractivity contribution is 6.22. The average Bonchev–Trinajstić information content (AvgIpc) is 2.08. The second-order valence-electron chi connectivity index (χ2n) is 23.1. The second-order valence-corrected chi connectivity index (χ2v) is 23.1. The zero-order valence-corrected chi connectivity index (χ0v) is 48.5. The number of aryl methyl sites for hydroxylation is 4. The summed E-state index contributed by atoms with van der Waals surface area (Å²) in [5.74, 6) is 0. The van der Waals surface area contributed by atoms with E-state index in [1.54, 1.807) is 0 Å². The Morgan fingerprint density at radius 1 is 0.200 bits per heavy atom. The van der Waals surface area contributed by atoms with E-state index in [4.69, 9.17) is 0 Å². The highest BCUT2D eigenvalue weighted by Crippen LogP contribution is 2.45. The Morgan fingerprint density at radius 2 is 0.447 bits per heavy atom. The van der Waals surface area contributed by atoms with Gasteiger partial charge in [-0.25, -0.2) is 0 Å². The molecule has 0 saturated heterocycles. The SMILES string of the molecule is CCc1ccc2c(c1)c1cc(CC)ccc1n2-c1ccc(-c2ccc3c(c2)c2cc(-c4ccc(-n5c6ccc(CC)cc6c6cc(CC)ccc65)cc4)ccc2n3-c2ccc(-c3c4ccccc4c(-c4ccccc4)c4ccccc34)cc2)cc1. The highest BCUT2D eigenvalue weighted by atomic mass is 15.0. The molecule has 13 aromatic carbocycles. The minimum Gasteiger partial charge on any atom is -0.309 e. The van der Waals surface area contributed by atoms with Gasteiger partial charge in [-0.1, -0.05) is 179 Å². The van der Waals surface area contributed by atoms with Gasteiger partial charge >= 0.3 is 0 Å². The lowest BCUT2D eigenvalue weighted by atomic mass is 9.86. The lowest BCUT2D eigenvalue weighted by molar-refractivity contribution is 1.13. The van der Waals surface area contributed by atoms with Crippen molar-refractivity contribution in [3.05, 3.63) is 283 Å². The molecule has 3 aromatic heterocycles. The standard InChI is InChI=1S/C82H63N3/c1-5-52-22-40-75-69(46-52)70-47-53(6-2)23-41-76(70)83(75)62-34-26-56(27-35-62)60-32-44-79-73(50-60)74-51-61(57-28-36-63(37-29-57)84-77-42-24-54(7-3)48-71(77)72-49-55(8-4)25-43-78(72)84)33-45-80(74)85(79)64-38-30-59(31-39-64)82-67-20-14-12-18-65(67)81(58-16-10-9-11-17-58)66-19-13-15-21-68(66)82/h9-51H,5-8H2,1-4H3. The van der Waals surface area contributed by atoms with Gasteiger partial charge in [-0.2, -0.15) is 0 Å². The Hall–Kier alpha value is -10.2. The van der Waals surface area contributed by atoms with Crippen LogP contribution in [0, 0.1) is 0 Å². The summed E-state index contributed by atoms with van der Waals surface area (Å²) in [6.45, 7) is 8.97. The molecule has 0 spiro atoms. The molecule has 16 rings (SSSR count). The zero-order chi connectivity index (χ0) is 56.9. The van der Waals surface area contributed by atoms with E-state index in [9.17, 15) is 0 Å². The summed E-state index contributed by atoms with van der Waals surface area (Å²) in [4.78, 5) is 0.